The van der Waals surface area contributed by atoms with E-state index in [-0.39, 0.29) is 30.9 Å². The van der Waals surface area contributed by atoms with E-state index in [4.69, 9.17) is 23.2 Å². The molecule has 7 nitrogen and oxygen atoms in total. The van der Waals surface area contributed by atoms with E-state index < -0.39 is 6.04 Å². The van der Waals surface area contributed by atoms with Crippen LogP contribution in [0.4, 0.5) is 10.5 Å². The minimum atomic E-state index is -0.450. The number of likely N-dealkylation sites (N-methyl/N-ethyl adjacent to an activating group) is 1. The van der Waals surface area contributed by atoms with E-state index in [0.717, 1.165) is 30.8 Å². The molecule has 33 heavy (non-hydrogen) atoms. The summed E-state index contributed by atoms with van der Waals surface area (Å²) in [6.45, 7) is 6.01. The van der Waals surface area contributed by atoms with E-state index in [2.05, 4.69) is 47.2 Å². The Morgan fingerprint density at radius 3 is 2.42 bits per heavy atom. The maximum Gasteiger partial charge on any atom is 0.328 e. The number of benzene rings is 2. The average Bonchev–Trinajstić information content (AvgIpc) is 3.17. The molecule has 0 aliphatic carbocycles. The number of hydrogen-bond donors (Lipinski definition) is 1. The van der Waals surface area contributed by atoms with Gasteiger partial charge in [-0.05, 0) is 61.2 Å². The predicted octanol–water partition coefficient (Wildman–Crippen LogP) is 3.80. The Morgan fingerprint density at radius 2 is 1.73 bits per heavy atom. The molecule has 3 heterocycles. The van der Waals surface area contributed by atoms with Crippen LogP contribution in [0.1, 0.15) is 23.1 Å². The van der Waals surface area contributed by atoms with Crippen molar-refractivity contribution in [2.75, 3.05) is 25.0 Å². The number of carbonyl (C=O) groups is 2. The molecule has 9 heteroatoms. The van der Waals surface area contributed by atoms with Gasteiger partial charge >= 0.3 is 6.03 Å². The third-order valence-corrected chi connectivity index (χ3v) is 7.47. The Bertz CT molecular complexity index is 1110. The van der Waals surface area contributed by atoms with Gasteiger partial charge in [-0.2, -0.15) is 0 Å². The molecular formula is C24H27Cl2N5O2. The molecule has 0 spiro atoms. The molecular weight excluding hydrogens is 461 g/mol. The Morgan fingerprint density at radius 1 is 1.00 bits per heavy atom. The third-order valence-electron chi connectivity index (χ3n) is 6.73. The number of rotatable bonds is 3. The number of amides is 3. The van der Waals surface area contributed by atoms with Gasteiger partial charge in [0.15, 0.2) is 0 Å². The summed E-state index contributed by atoms with van der Waals surface area (Å²) < 4.78 is 0. The van der Waals surface area contributed by atoms with E-state index in [0.29, 0.717) is 10.0 Å². The van der Waals surface area contributed by atoms with Crippen LogP contribution >= 0.6 is 23.2 Å². The number of carbonyl (C=O) groups excluding carboxylic acids is 2. The summed E-state index contributed by atoms with van der Waals surface area (Å²) in [5.41, 5.74) is 4.29. The fraction of sp³-hybridized carbons (Fsp3) is 0.417. The number of aryl methyl sites for hydroxylation is 2. The van der Waals surface area contributed by atoms with Gasteiger partial charge in [0.25, 0.3) is 5.91 Å². The smallest absolute Gasteiger partial charge is 0.328 e. The number of hydrogen-bond acceptors (Lipinski definition) is 5. The van der Waals surface area contributed by atoms with Gasteiger partial charge in [0.2, 0.25) is 0 Å². The number of imide groups is 1. The molecule has 3 saturated heterocycles. The molecule has 0 aromatic heterocycles. The van der Waals surface area contributed by atoms with Crippen LogP contribution in [0.25, 0.3) is 0 Å². The van der Waals surface area contributed by atoms with Crippen molar-refractivity contribution in [3.05, 3.63) is 63.1 Å². The highest BCUT2D eigenvalue weighted by Gasteiger charge is 2.56. The average molecular weight is 488 g/mol. The molecule has 2 aromatic rings. The molecule has 3 fully saturated rings. The quantitative estimate of drug-likeness (QED) is 0.713. The van der Waals surface area contributed by atoms with E-state index in [1.165, 1.54) is 16.0 Å². The van der Waals surface area contributed by atoms with Crippen LogP contribution in [0, 0.1) is 13.8 Å². The van der Waals surface area contributed by atoms with Crippen LogP contribution < -0.4 is 10.2 Å². The molecule has 0 saturated carbocycles. The van der Waals surface area contributed by atoms with Crippen LogP contribution in [0.15, 0.2) is 36.4 Å². The van der Waals surface area contributed by atoms with Crippen LogP contribution in [0.5, 0.6) is 0 Å². The third kappa shape index (κ3) is 3.87. The van der Waals surface area contributed by atoms with Crippen molar-refractivity contribution in [1.29, 1.82) is 0 Å². The lowest BCUT2D eigenvalue weighted by Gasteiger charge is -2.44. The lowest BCUT2D eigenvalue weighted by molar-refractivity contribution is -0.139. The Kier molecular flexibility index (Phi) is 5.77. The monoisotopic (exact) mass is 487 g/mol. The molecule has 5 rings (SSSR count). The standard InChI is InChI=1S/C24H27Cl2N5O2/c1-14-9-15(2)11-17(10-14)29-7-4-8-30-20-21(27-23(29)30)28(3)24(33)31(22(20)32)13-16-5-6-18(25)19(26)12-16/h5-6,9-12,20-21,23,27H,4,7-8,13H2,1-3H3. The Balaban J connectivity index is 1.44. The first-order chi connectivity index (χ1) is 15.7. The van der Waals surface area contributed by atoms with E-state index in [9.17, 15) is 9.59 Å². The first-order valence-corrected chi connectivity index (χ1v) is 11.9. The Hall–Kier alpha value is -2.32. The van der Waals surface area contributed by atoms with Crippen molar-refractivity contribution in [3.63, 3.8) is 0 Å². The first-order valence-electron chi connectivity index (χ1n) is 11.1. The molecule has 2 aromatic carbocycles. The fourth-order valence-electron chi connectivity index (χ4n) is 5.27. The lowest BCUT2D eigenvalue weighted by atomic mass is 10.1. The van der Waals surface area contributed by atoms with Crippen molar-refractivity contribution < 1.29 is 9.59 Å². The zero-order valence-corrected chi connectivity index (χ0v) is 20.4. The number of nitrogens with one attached hydrogen (secondary N) is 1. The van der Waals surface area contributed by atoms with Gasteiger partial charge in [-0.1, -0.05) is 35.3 Å². The maximum atomic E-state index is 13.6. The van der Waals surface area contributed by atoms with Gasteiger partial charge in [-0.3, -0.25) is 19.9 Å². The van der Waals surface area contributed by atoms with Crippen LogP contribution in [-0.4, -0.2) is 65.3 Å². The van der Waals surface area contributed by atoms with E-state index in [1.54, 1.807) is 30.1 Å². The second-order valence-corrected chi connectivity index (χ2v) is 9.94. The predicted molar refractivity (Wildman–Crippen MR) is 129 cm³/mol. The summed E-state index contributed by atoms with van der Waals surface area (Å²) in [6.07, 6.45) is 0.400. The number of anilines is 1. The summed E-state index contributed by atoms with van der Waals surface area (Å²) in [5.74, 6) is -0.188. The summed E-state index contributed by atoms with van der Waals surface area (Å²) >= 11 is 12.2. The van der Waals surface area contributed by atoms with Gasteiger partial charge < -0.3 is 9.80 Å². The molecule has 1 N–H and O–H groups in total. The van der Waals surface area contributed by atoms with Gasteiger partial charge in [0, 0.05) is 25.8 Å². The van der Waals surface area contributed by atoms with Crippen LogP contribution in [0.3, 0.4) is 0 Å². The highest BCUT2D eigenvalue weighted by atomic mass is 35.5. The fourth-order valence-corrected chi connectivity index (χ4v) is 5.59. The summed E-state index contributed by atoms with van der Waals surface area (Å²) in [6, 6.07) is 10.9. The van der Waals surface area contributed by atoms with E-state index in [1.807, 2.05) is 0 Å². The van der Waals surface area contributed by atoms with Crippen molar-refractivity contribution in [1.82, 2.24) is 20.0 Å². The topological polar surface area (TPSA) is 59.1 Å². The lowest BCUT2D eigenvalue weighted by Crippen LogP contribution is -2.66. The van der Waals surface area contributed by atoms with Crippen molar-refractivity contribution in [3.8, 4) is 0 Å². The molecule has 0 radical (unpaired) electrons. The van der Waals surface area contributed by atoms with Gasteiger partial charge in [-0.15, -0.1) is 0 Å². The SMILES string of the molecule is Cc1cc(C)cc(N2CCCN3C4C(=O)N(Cc5ccc(Cl)c(Cl)c5)C(=O)N(C)C4NC23)c1. The number of halogens is 2. The van der Waals surface area contributed by atoms with Crippen LogP contribution in [0.2, 0.25) is 10.0 Å². The maximum absolute atomic E-state index is 13.6. The molecule has 0 bridgehead atoms. The van der Waals surface area contributed by atoms with Gasteiger partial charge in [-0.25, -0.2) is 4.79 Å². The van der Waals surface area contributed by atoms with E-state index >= 15 is 0 Å². The normalized spacial score (nSPS) is 25.5. The molecule has 3 aliphatic rings. The second-order valence-electron chi connectivity index (χ2n) is 9.13. The molecule has 3 amide bonds. The molecule has 3 atom stereocenters. The number of fused-ring (bicyclic) bond motifs is 3. The number of urea groups is 1. The van der Waals surface area contributed by atoms with Crippen molar-refractivity contribution in [2.45, 2.75) is 45.3 Å². The van der Waals surface area contributed by atoms with Crippen molar-refractivity contribution in [2.24, 2.45) is 0 Å². The largest absolute Gasteiger partial charge is 0.343 e. The summed E-state index contributed by atoms with van der Waals surface area (Å²) in [4.78, 5) is 34.3. The van der Waals surface area contributed by atoms with Gasteiger partial charge in [0.05, 0.1) is 16.6 Å². The zero-order chi connectivity index (χ0) is 23.4. The minimum Gasteiger partial charge on any atom is -0.343 e. The van der Waals surface area contributed by atoms with Gasteiger partial charge in [0.1, 0.15) is 18.5 Å². The number of nitrogens with zero attached hydrogens (tertiary/aromatic N) is 4. The van der Waals surface area contributed by atoms with Crippen molar-refractivity contribution >= 4 is 40.8 Å². The molecule has 174 valence electrons. The summed E-state index contributed by atoms with van der Waals surface area (Å²) in [5, 5.41) is 4.41. The Labute approximate surface area is 203 Å². The highest BCUT2D eigenvalue weighted by molar-refractivity contribution is 6.42. The molecule has 3 aliphatic heterocycles. The van der Waals surface area contributed by atoms with Crippen LogP contribution in [-0.2, 0) is 11.3 Å². The minimum absolute atomic E-state index is 0.154. The highest BCUT2D eigenvalue weighted by Crippen LogP contribution is 2.34. The second kappa shape index (κ2) is 8.47. The first kappa shape index (κ1) is 22.5. The summed E-state index contributed by atoms with van der Waals surface area (Å²) in [7, 11) is 1.75. The molecule has 3 unspecified atom stereocenters. The zero-order valence-electron chi connectivity index (χ0n) is 18.9.